The van der Waals surface area contributed by atoms with Gasteiger partial charge in [-0.05, 0) is 42.9 Å². The monoisotopic (exact) mass is 296 g/mol. The number of carboxylic acid groups (broad SMARTS) is 1. The fourth-order valence-electron chi connectivity index (χ4n) is 3.80. The van der Waals surface area contributed by atoms with Crippen molar-refractivity contribution in [3.05, 3.63) is 0 Å². The molecule has 1 aliphatic heterocycles. The normalized spacial score (nSPS) is 30.8. The zero-order valence-corrected chi connectivity index (χ0v) is 13.8. The Bertz CT molecular complexity index is 444. The molecule has 2 amide bonds. The summed E-state index contributed by atoms with van der Waals surface area (Å²) < 4.78 is 0. The molecule has 1 saturated carbocycles. The molecule has 5 heteroatoms. The van der Waals surface area contributed by atoms with Crippen molar-refractivity contribution >= 4 is 12.0 Å². The summed E-state index contributed by atoms with van der Waals surface area (Å²) in [5, 5.41) is 12.4. The summed E-state index contributed by atoms with van der Waals surface area (Å²) in [6.07, 6.45) is 2.25. The summed E-state index contributed by atoms with van der Waals surface area (Å²) in [4.78, 5) is 25.5. The lowest BCUT2D eigenvalue weighted by Crippen LogP contribution is -2.60. The van der Waals surface area contributed by atoms with E-state index >= 15 is 0 Å². The average molecular weight is 296 g/mol. The van der Waals surface area contributed by atoms with Crippen LogP contribution in [0.3, 0.4) is 0 Å². The zero-order valence-electron chi connectivity index (χ0n) is 13.8. The van der Waals surface area contributed by atoms with Crippen molar-refractivity contribution in [2.45, 2.75) is 59.4 Å². The molecule has 0 spiro atoms. The van der Waals surface area contributed by atoms with Crippen molar-refractivity contribution < 1.29 is 14.7 Å². The fraction of sp³-hybridized carbons (Fsp3) is 0.875. The van der Waals surface area contributed by atoms with Crippen LogP contribution in [0.15, 0.2) is 0 Å². The molecule has 5 nitrogen and oxygen atoms in total. The molecule has 0 aromatic rings. The van der Waals surface area contributed by atoms with E-state index in [1.807, 2.05) is 0 Å². The highest BCUT2D eigenvalue weighted by atomic mass is 16.4. The third-order valence-corrected chi connectivity index (χ3v) is 6.37. The van der Waals surface area contributed by atoms with Gasteiger partial charge in [0.05, 0.1) is 0 Å². The van der Waals surface area contributed by atoms with Gasteiger partial charge in [-0.2, -0.15) is 0 Å². The van der Waals surface area contributed by atoms with Crippen LogP contribution in [0.4, 0.5) is 4.79 Å². The van der Waals surface area contributed by atoms with Crippen molar-refractivity contribution in [1.82, 2.24) is 10.2 Å². The van der Waals surface area contributed by atoms with Crippen LogP contribution >= 0.6 is 0 Å². The number of nitrogens with one attached hydrogen (secondary N) is 1. The number of hydrogen-bond acceptors (Lipinski definition) is 2. The fourth-order valence-corrected chi connectivity index (χ4v) is 3.80. The molecule has 1 aliphatic carbocycles. The Morgan fingerprint density at radius 2 is 1.71 bits per heavy atom. The number of hydrogen-bond donors (Lipinski definition) is 2. The largest absolute Gasteiger partial charge is 0.480 e. The van der Waals surface area contributed by atoms with Gasteiger partial charge in [-0.1, -0.05) is 27.7 Å². The van der Waals surface area contributed by atoms with Crippen LogP contribution in [0.25, 0.3) is 0 Å². The van der Waals surface area contributed by atoms with Crippen molar-refractivity contribution in [2.75, 3.05) is 13.1 Å². The second-order valence-corrected chi connectivity index (χ2v) is 7.87. The van der Waals surface area contributed by atoms with Crippen LogP contribution in [-0.4, -0.2) is 40.6 Å². The van der Waals surface area contributed by atoms with Crippen LogP contribution in [-0.2, 0) is 4.79 Å². The molecule has 21 heavy (non-hydrogen) atoms. The maximum atomic E-state index is 12.4. The summed E-state index contributed by atoms with van der Waals surface area (Å²) >= 11 is 0. The van der Waals surface area contributed by atoms with E-state index < -0.39 is 11.5 Å². The number of carbonyl (C=O) groups is 2. The predicted octanol–water partition coefficient (Wildman–Crippen LogP) is 2.71. The summed E-state index contributed by atoms with van der Waals surface area (Å²) in [7, 11) is 0. The van der Waals surface area contributed by atoms with Crippen molar-refractivity contribution in [1.29, 1.82) is 0 Å². The first kappa shape index (κ1) is 16.1. The summed E-state index contributed by atoms with van der Waals surface area (Å²) in [6.45, 7) is 11.6. The molecule has 2 fully saturated rings. The van der Waals surface area contributed by atoms with Gasteiger partial charge in [0.15, 0.2) is 0 Å². The highest BCUT2D eigenvalue weighted by Crippen LogP contribution is 2.67. The third-order valence-electron chi connectivity index (χ3n) is 6.37. The van der Waals surface area contributed by atoms with Gasteiger partial charge in [0, 0.05) is 13.1 Å². The molecule has 2 N–H and O–H groups in total. The van der Waals surface area contributed by atoms with Gasteiger partial charge in [0.1, 0.15) is 5.54 Å². The number of carboxylic acids is 1. The molecule has 0 bridgehead atoms. The minimum atomic E-state index is -1.07. The van der Waals surface area contributed by atoms with Gasteiger partial charge < -0.3 is 15.3 Å². The summed E-state index contributed by atoms with van der Waals surface area (Å²) in [5.74, 6) is -0.473. The molecule has 0 radical (unpaired) electrons. The van der Waals surface area contributed by atoms with Crippen molar-refractivity contribution in [3.63, 3.8) is 0 Å². The zero-order chi connectivity index (χ0) is 16.1. The van der Waals surface area contributed by atoms with E-state index in [9.17, 15) is 14.7 Å². The topological polar surface area (TPSA) is 69.6 Å². The van der Waals surface area contributed by atoms with Gasteiger partial charge in [0.25, 0.3) is 0 Å². The molecule has 1 unspecified atom stereocenters. The number of carbonyl (C=O) groups excluding carboxylic acids is 1. The lowest BCUT2D eigenvalue weighted by molar-refractivity contribution is -0.150. The second-order valence-electron chi connectivity index (χ2n) is 7.87. The number of nitrogens with zero attached hydrogens (tertiary/aromatic N) is 1. The van der Waals surface area contributed by atoms with Gasteiger partial charge >= 0.3 is 12.0 Å². The number of aliphatic carboxylic acids is 1. The first-order valence-electron chi connectivity index (χ1n) is 7.84. The Balaban J connectivity index is 1.98. The molecule has 1 atom stereocenters. The van der Waals surface area contributed by atoms with E-state index in [0.29, 0.717) is 25.4 Å². The molecular weight excluding hydrogens is 268 g/mol. The third kappa shape index (κ3) is 2.40. The SMILES string of the molecule is CC1(C(=O)O)CCCCN1C(=O)NCC1C(C)(C)C1(C)C. The van der Waals surface area contributed by atoms with Crippen molar-refractivity contribution in [3.8, 4) is 0 Å². The Morgan fingerprint density at radius 3 is 2.19 bits per heavy atom. The van der Waals surface area contributed by atoms with Gasteiger partial charge in [-0.25, -0.2) is 9.59 Å². The Morgan fingerprint density at radius 1 is 1.14 bits per heavy atom. The lowest BCUT2D eigenvalue weighted by Gasteiger charge is -2.41. The lowest BCUT2D eigenvalue weighted by atomic mass is 9.89. The van der Waals surface area contributed by atoms with E-state index in [1.54, 1.807) is 6.92 Å². The van der Waals surface area contributed by atoms with Crippen LogP contribution < -0.4 is 5.32 Å². The molecule has 2 rings (SSSR count). The predicted molar refractivity (Wildman–Crippen MR) is 81.0 cm³/mol. The maximum Gasteiger partial charge on any atom is 0.329 e. The van der Waals surface area contributed by atoms with E-state index in [1.165, 1.54) is 4.90 Å². The number of amides is 2. The van der Waals surface area contributed by atoms with Gasteiger partial charge in [-0.15, -0.1) is 0 Å². The van der Waals surface area contributed by atoms with Crippen LogP contribution in [0, 0.1) is 16.7 Å². The van der Waals surface area contributed by atoms with Crippen LogP contribution in [0.5, 0.6) is 0 Å². The number of urea groups is 1. The summed E-state index contributed by atoms with van der Waals surface area (Å²) in [5.41, 5.74) is -0.631. The molecule has 1 heterocycles. The van der Waals surface area contributed by atoms with Crippen LogP contribution in [0.1, 0.15) is 53.9 Å². The summed E-state index contributed by atoms with van der Waals surface area (Å²) in [6, 6.07) is -0.238. The first-order chi connectivity index (χ1) is 9.55. The second kappa shape index (κ2) is 4.89. The minimum Gasteiger partial charge on any atom is -0.480 e. The van der Waals surface area contributed by atoms with E-state index in [4.69, 9.17) is 0 Å². The first-order valence-corrected chi connectivity index (χ1v) is 7.84. The quantitative estimate of drug-likeness (QED) is 0.841. The van der Waals surface area contributed by atoms with Crippen LogP contribution in [0.2, 0.25) is 0 Å². The Hall–Kier alpha value is -1.26. The molecule has 2 aliphatic rings. The smallest absolute Gasteiger partial charge is 0.329 e. The molecule has 0 aromatic heterocycles. The van der Waals surface area contributed by atoms with Gasteiger partial charge in [0.2, 0.25) is 0 Å². The van der Waals surface area contributed by atoms with Crippen molar-refractivity contribution in [2.24, 2.45) is 16.7 Å². The van der Waals surface area contributed by atoms with Gasteiger partial charge in [-0.3, -0.25) is 0 Å². The molecular formula is C16H28N2O3. The van der Waals surface area contributed by atoms with E-state index in [0.717, 1.165) is 12.8 Å². The Labute approximate surface area is 127 Å². The number of piperidine rings is 1. The number of likely N-dealkylation sites (tertiary alicyclic amines) is 1. The minimum absolute atomic E-state index is 0.221. The maximum absolute atomic E-state index is 12.4. The Kier molecular flexibility index (Phi) is 3.75. The average Bonchev–Trinajstić information content (AvgIpc) is 2.77. The highest BCUT2D eigenvalue weighted by Gasteiger charge is 2.64. The van der Waals surface area contributed by atoms with E-state index in [-0.39, 0.29) is 16.9 Å². The molecule has 1 saturated heterocycles. The molecule has 0 aromatic carbocycles. The standard InChI is InChI=1S/C16H28N2O3/c1-14(2)11(15(14,3)4)10-17-13(21)18-9-7-6-8-16(18,5)12(19)20/h11H,6-10H2,1-5H3,(H,17,21)(H,19,20). The highest BCUT2D eigenvalue weighted by molar-refractivity contribution is 5.86. The van der Waals surface area contributed by atoms with E-state index in [2.05, 4.69) is 33.0 Å². The number of rotatable bonds is 3. The molecule has 120 valence electrons.